The summed E-state index contributed by atoms with van der Waals surface area (Å²) in [5.41, 5.74) is 2.32. The normalized spacial score (nSPS) is 10.8. The first kappa shape index (κ1) is 13.7. The van der Waals surface area contributed by atoms with E-state index in [1.54, 1.807) is 6.20 Å². The molecule has 0 bridgehead atoms. The Morgan fingerprint density at radius 3 is 2.84 bits per heavy atom. The molecular weight excluding hydrogens is 260 g/mol. The van der Waals surface area contributed by atoms with E-state index in [0.717, 1.165) is 10.4 Å². The third-order valence-corrected chi connectivity index (χ3v) is 3.45. The first-order valence-electron chi connectivity index (χ1n) is 6.03. The van der Waals surface area contributed by atoms with Gasteiger partial charge in [-0.2, -0.15) is 0 Å². The molecule has 100 valence electrons. The number of benzene rings is 1. The third-order valence-electron chi connectivity index (χ3n) is 2.72. The number of carbonyl (C=O) groups is 1. The van der Waals surface area contributed by atoms with Crippen LogP contribution in [0.25, 0.3) is 0 Å². The van der Waals surface area contributed by atoms with Crippen molar-refractivity contribution in [1.82, 2.24) is 9.27 Å². The summed E-state index contributed by atoms with van der Waals surface area (Å²) >= 11 is 1.41. The van der Waals surface area contributed by atoms with Gasteiger partial charge in [-0.05, 0) is 30.1 Å². The Morgan fingerprint density at radius 1 is 1.37 bits per heavy atom. The highest BCUT2D eigenvalue weighted by Gasteiger charge is 2.12. The van der Waals surface area contributed by atoms with Crippen LogP contribution in [-0.2, 0) is 17.9 Å². The van der Waals surface area contributed by atoms with Crippen molar-refractivity contribution in [1.29, 1.82) is 0 Å². The molecule has 0 aliphatic rings. The Balaban J connectivity index is 2.07. The maximum absolute atomic E-state index is 10.9. The van der Waals surface area contributed by atoms with Crippen LogP contribution in [0, 0.1) is 6.92 Å². The summed E-state index contributed by atoms with van der Waals surface area (Å²) in [6, 6.07) is 10.1. The number of nitrogens with zero attached hydrogens (tertiary/aromatic N) is 2. The molecule has 4 nitrogen and oxygen atoms in total. The first-order valence-corrected chi connectivity index (χ1v) is 6.80. The molecule has 0 atom stereocenters. The van der Waals surface area contributed by atoms with Crippen molar-refractivity contribution in [2.75, 3.05) is 6.54 Å². The van der Waals surface area contributed by atoms with Gasteiger partial charge in [-0.15, -0.1) is 0 Å². The zero-order valence-corrected chi connectivity index (χ0v) is 11.6. The minimum Gasteiger partial charge on any atom is -0.480 e. The lowest BCUT2D eigenvalue weighted by atomic mass is 10.1. The molecule has 0 amide bonds. The van der Waals surface area contributed by atoms with Crippen LogP contribution in [0.1, 0.15) is 16.0 Å². The van der Waals surface area contributed by atoms with Gasteiger partial charge in [0.05, 0.1) is 6.54 Å². The standard InChI is InChI=1S/C14H16N2O2S/c1-11-3-2-4-12(7-11)8-16(10-14(17)18)9-13-5-6-15-19-13/h2-7H,8-10H2,1H3,(H,17,18). The summed E-state index contributed by atoms with van der Waals surface area (Å²) < 4.78 is 4.04. The lowest BCUT2D eigenvalue weighted by Crippen LogP contribution is -2.28. The predicted molar refractivity (Wildman–Crippen MR) is 75.0 cm³/mol. The lowest BCUT2D eigenvalue weighted by molar-refractivity contribution is -0.138. The van der Waals surface area contributed by atoms with E-state index in [4.69, 9.17) is 5.11 Å². The fourth-order valence-corrected chi connectivity index (χ4v) is 2.59. The zero-order chi connectivity index (χ0) is 13.7. The lowest BCUT2D eigenvalue weighted by Gasteiger charge is -2.19. The summed E-state index contributed by atoms with van der Waals surface area (Å²) in [7, 11) is 0. The highest BCUT2D eigenvalue weighted by atomic mass is 32.1. The molecule has 0 saturated carbocycles. The van der Waals surface area contributed by atoms with Gasteiger partial charge in [-0.3, -0.25) is 9.69 Å². The minimum absolute atomic E-state index is 0.0336. The quantitative estimate of drug-likeness (QED) is 0.881. The number of aromatic nitrogens is 1. The molecule has 19 heavy (non-hydrogen) atoms. The molecule has 0 saturated heterocycles. The number of rotatable bonds is 6. The minimum atomic E-state index is -0.808. The van der Waals surface area contributed by atoms with Gasteiger partial charge < -0.3 is 5.11 Å². The van der Waals surface area contributed by atoms with Crippen LogP contribution < -0.4 is 0 Å². The van der Waals surface area contributed by atoms with Crippen molar-refractivity contribution in [3.8, 4) is 0 Å². The van der Waals surface area contributed by atoms with E-state index in [1.165, 1.54) is 17.1 Å². The van der Waals surface area contributed by atoms with E-state index >= 15 is 0 Å². The third kappa shape index (κ3) is 4.46. The van der Waals surface area contributed by atoms with Gasteiger partial charge in [0.1, 0.15) is 0 Å². The van der Waals surface area contributed by atoms with Crippen LogP contribution >= 0.6 is 11.5 Å². The summed E-state index contributed by atoms with van der Waals surface area (Å²) in [4.78, 5) is 13.9. The van der Waals surface area contributed by atoms with Crippen LogP contribution in [0.15, 0.2) is 36.5 Å². The molecule has 1 N–H and O–H groups in total. The molecule has 0 aliphatic carbocycles. The van der Waals surface area contributed by atoms with Crippen molar-refractivity contribution in [2.45, 2.75) is 20.0 Å². The molecule has 0 aliphatic heterocycles. The molecule has 5 heteroatoms. The average Bonchev–Trinajstić information content (AvgIpc) is 2.80. The van der Waals surface area contributed by atoms with E-state index < -0.39 is 5.97 Å². The van der Waals surface area contributed by atoms with Crippen LogP contribution in [0.3, 0.4) is 0 Å². The maximum atomic E-state index is 10.9. The van der Waals surface area contributed by atoms with Crippen molar-refractivity contribution in [2.24, 2.45) is 0 Å². The van der Waals surface area contributed by atoms with Gasteiger partial charge in [0.2, 0.25) is 0 Å². The second kappa shape index (κ2) is 6.45. The fraction of sp³-hybridized carbons (Fsp3) is 0.286. The summed E-state index contributed by atoms with van der Waals surface area (Å²) in [6.07, 6.45) is 1.74. The van der Waals surface area contributed by atoms with Crippen LogP contribution in [-0.4, -0.2) is 26.9 Å². The van der Waals surface area contributed by atoms with E-state index in [2.05, 4.69) is 10.4 Å². The number of hydrogen-bond acceptors (Lipinski definition) is 4. The monoisotopic (exact) mass is 276 g/mol. The number of hydrogen-bond donors (Lipinski definition) is 1. The topological polar surface area (TPSA) is 53.4 Å². The molecule has 0 fully saturated rings. The Labute approximate surface area is 116 Å². The highest BCUT2D eigenvalue weighted by molar-refractivity contribution is 7.05. The summed E-state index contributed by atoms with van der Waals surface area (Å²) in [5, 5.41) is 8.99. The molecule has 0 radical (unpaired) electrons. The summed E-state index contributed by atoms with van der Waals surface area (Å²) in [5.74, 6) is -0.808. The van der Waals surface area contributed by atoms with Gasteiger partial charge in [-0.25, -0.2) is 4.37 Å². The van der Waals surface area contributed by atoms with E-state index in [9.17, 15) is 4.79 Å². The van der Waals surface area contributed by atoms with E-state index in [0.29, 0.717) is 13.1 Å². The van der Waals surface area contributed by atoms with Crippen molar-refractivity contribution in [3.05, 3.63) is 52.5 Å². The number of aryl methyl sites for hydroxylation is 1. The second-order valence-corrected chi connectivity index (χ2v) is 5.42. The van der Waals surface area contributed by atoms with Gasteiger partial charge in [0.25, 0.3) is 0 Å². The average molecular weight is 276 g/mol. The van der Waals surface area contributed by atoms with Gasteiger partial charge in [0.15, 0.2) is 0 Å². The van der Waals surface area contributed by atoms with Gasteiger partial charge in [-0.1, -0.05) is 29.8 Å². The van der Waals surface area contributed by atoms with Gasteiger partial charge >= 0.3 is 5.97 Å². The maximum Gasteiger partial charge on any atom is 0.317 e. The SMILES string of the molecule is Cc1cccc(CN(CC(=O)O)Cc2ccns2)c1. The van der Waals surface area contributed by atoms with Crippen LogP contribution in [0.5, 0.6) is 0 Å². The number of carboxylic acids is 1. The molecule has 2 rings (SSSR count). The van der Waals surface area contributed by atoms with Crippen molar-refractivity contribution in [3.63, 3.8) is 0 Å². The van der Waals surface area contributed by atoms with Crippen molar-refractivity contribution < 1.29 is 9.90 Å². The zero-order valence-electron chi connectivity index (χ0n) is 10.7. The van der Waals surface area contributed by atoms with Crippen LogP contribution in [0.4, 0.5) is 0 Å². The Morgan fingerprint density at radius 2 is 2.21 bits per heavy atom. The van der Waals surface area contributed by atoms with Crippen molar-refractivity contribution >= 4 is 17.5 Å². The highest BCUT2D eigenvalue weighted by Crippen LogP contribution is 2.13. The first-order chi connectivity index (χ1) is 9.13. The van der Waals surface area contributed by atoms with E-state index in [-0.39, 0.29) is 6.54 Å². The summed E-state index contributed by atoms with van der Waals surface area (Å²) in [6.45, 7) is 3.32. The number of carboxylic acid groups (broad SMARTS) is 1. The Hall–Kier alpha value is -1.72. The van der Waals surface area contributed by atoms with Crippen LogP contribution in [0.2, 0.25) is 0 Å². The fourth-order valence-electron chi connectivity index (χ4n) is 1.97. The molecular formula is C14H16N2O2S. The molecule has 1 aromatic carbocycles. The molecule has 0 spiro atoms. The molecule has 0 unspecified atom stereocenters. The molecule has 1 heterocycles. The largest absolute Gasteiger partial charge is 0.480 e. The molecule has 1 aromatic heterocycles. The van der Waals surface area contributed by atoms with Gasteiger partial charge in [0, 0.05) is 24.2 Å². The Bertz CT molecular complexity index is 540. The predicted octanol–water partition coefficient (Wildman–Crippen LogP) is 2.54. The second-order valence-electron chi connectivity index (χ2n) is 4.51. The molecule has 2 aromatic rings. The van der Waals surface area contributed by atoms with E-state index in [1.807, 2.05) is 36.1 Å². The number of aliphatic carboxylic acids is 1. The smallest absolute Gasteiger partial charge is 0.317 e. The Kier molecular flexibility index (Phi) is 4.65.